The Morgan fingerprint density at radius 1 is 1.44 bits per heavy atom. The highest BCUT2D eigenvalue weighted by Crippen LogP contribution is 2.46. The molecule has 1 aliphatic carbocycles. The summed E-state index contributed by atoms with van der Waals surface area (Å²) in [6, 6.07) is 7.58. The molecule has 16 heavy (non-hydrogen) atoms. The van der Waals surface area contributed by atoms with E-state index in [1.54, 1.807) is 6.92 Å². The predicted octanol–water partition coefficient (Wildman–Crippen LogP) is 1.93. The molecule has 0 amide bonds. The number of aliphatic hydroxyl groups is 1. The van der Waals surface area contributed by atoms with Gasteiger partial charge in [0.25, 0.3) is 0 Å². The Bertz CT molecular complexity index is 407. The van der Waals surface area contributed by atoms with Crippen LogP contribution in [0.3, 0.4) is 0 Å². The maximum Gasteiger partial charge on any atom is 0.306 e. The van der Waals surface area contributed by atoms with Gasteiger partial charge in [0.1, 0.15) is 0 Å². The van der Waals surface area contributed by atoms with Crippen LogP contribution in [0.2, 0.25) is 0 Å². The summed E-state index contributed by atoms with van der Waals surface area (Å²) in [5.41, 5.74) is 1.18. The maximum absolute atomic E-state index is 10.8. The van der Waals surface area contributed by atoms with Gasteiger partial charge >= 0.3 is 5.97 Å². The van der Waals surface area contributed by atoms with Gasteiger partial charge in [0.05, 0.1) is 11.5 Å². The van der Waals surface area contributed by atoms with E-state index in [0.717, 1.165) is 24.0 Å². The number of rotatable bonds is 4. The Labute approximate surface area is 94.7 Å². The zero-order valence-electron chi connectivity index (χ0n) is 9.31. The van der Waals surface area contributed by atoms with E-state index >= 15 is 0 Å². The summed E-state index contributed by atoms with van der Waals surface area (Å²) in [6.45, 7) is 1.69. The van der Waals surface area contributed by atoms with Crippen LogP contribution in [0.15, 0.2) is 24.3 Å². The Kier molecular flexibility index (Phi) is 2.72. The van der Waals surface area contributed by atoms with Crippen LogP contribution in [0, 0.1) is 5.92 Å². The Morgan fingerprint density at radius 2 is 2.06 bits per heavy atom. The molecule has 1 atom stereocenters. The van der Waals surface area contributed by atoms with Crippen molar-refractivity contribution >= 4 is 5.97 Å². The summed E-state index contributed by atoms with van der Waals surface area (Å²) >= 11 is 0. The van der Waals surface area contributed by atoms with Crippen LogP contribution < -0.4 is 0 Å². The summed E-state index contributed by atoms with van der Waals surface area (Å²) in [7, 11) is 0. The number of carbonyl (C=O) groups is 1. The van der Waals surface area contributed by atoms with Gasteiger partial charge in [-0.25, -0.2) is 0 Å². The molecular formula is C13H16O3. The summed E-state index contributed by atoms with van der Waals surface area (Å²) in [4.78, 5) is 10.8. The lowest BCUT2D eigenvalue weighted by Gasteiger charge is -2.15. The third kappa shape index (κ3) is 2.09. The molecule has 1 aromatic rings. The first kappa shape index (κ1) is 11.1. The van der Waals surface area contributed by atoms with Crippen LogP contribution in [0.25, 0.3) is 0 Å². The van der Waals surface area contributed by atoms with Crippen molar-refractivity contribution in [2.75, 3.05) is 0 Å². The third-order valence-electron chi connectivity index (χ3n) is 3.19. The van der Waals surface area contributed by atoms with Gasteiger partial charge in [-0.05, 0) is 30.4 Å². The lowest BCUT2D eigenvalue weighted by atomic mass is 9.93. The minimum absolute atomic E-state index is 0.413. The van der Waals surface area contributed by atoms with Crippen LogP contribution in [0.4, 0.5) is 0 Å². The van der Waals surface area contributed by atoms with E-state index in [9.17, 15) is 9.90 Å². The topological polar surface area (TPSA) is 57.5 Å². The molecule has 1 fully saturated rings. The zero-order chi connectivity index (χ0) is 11.8. The second-order valence-electron chi connectivity index (χ2n) is 4.63. The fraction of sp³-hybridized carbons (Fsp3) is 0.462. The van der Waals surface area contributed by atoms with Crippen LogP contribution in [0.1, 0.15) is 30.9 Å². The number of hydrogen-bond acceptors (Lipinski definition) is 2. The zero-order valence-corrected chi connectivity index (χ0v) is 9.31. The minimum Gasteiger partial charge on any atom is -0.481 e. The molecular weight excluding hydrogens is 204 g/mol. The Morgan fingerprint density at radius 3 is 2.62 bits per heavy atom. The molecule has 0 heterocycles. The largest absolute Gasteiger partial charge is 0.481 e. The minimum atomic E-state index is -0.794. The fourth-order valence-electron chi connectivity index (χ4n) is 1.96. The summed E-state index contributed by atoms with van der Waals surface area (Å²) in [5, 5.41) is 19.0. The summed E-state index contributed by atoms with van der Waals surface area (Å²) in [5.74, 6) is -1.21. The molecule has 0 bridgehead atoms. The molecule has 1 saturated carbocycles. The van der Waals surface area contributed by atoms with Crippen molar-refractivity contribution in [3.8, 4) is 0 Å². The van der Waals surface area contributed by atoms with Gasteiger partial charge in [0.15, 0.2) is 0 Å². The van der Waals surface area contributed by atoms with E-state index in [4.69, 9.17) is 5.11 Å². The first-order chi connectivity index (χ1) is 7.53. The lowest BCUT2D eigenvalue weighted by molar-refractivity contribution is -0.141. The second kappa shape index (κ2) is 3.91. The van der Waals surface area contributed by atoms with Gasteiger partial charge in [0, 0.05) is 0 Å². The third-order valence-corrected chi connectivity index (χ3v) is 3.19. The molecule has 1 aromatic carbocycles. The number of carboxylic acids is 1. The first-order valence-corrected chi connectivity index (χ1v) is 5.56. The van der Waals surface area contributed by atoms with Crippen molar-refractivity contribution in [2.45, 2.75) is 31.8 Å². The average Bonchev–Trinajstić information content (AvgIpc) is 2.98. The molecule has 0 spiro atoms. The molecule has 0 aromatic heterocycles. The molecule has 3 nitrogen and oxygen atoms in total. The van der Waals surface area contributed by atoms with E-state index in [1.807, 2.05) is 24.3 Å². The van der Waals surface area contributed by atoms with Crippen molar-refractivity contribution < 1.29 is 15.0 Å². The van der Waals surface area contributed by atoms with Crippen molar-refractivity contribution in [1.82, 2.24) is 0 Å². The van der Waals surface area contributed by atoms with E-state index in [2.05, 4.69) is 0 Å². The number of hydrogen-bond donors (Lipinski definition) is 2. The van der Waals surface area contributed by atoms with Gasteiger partial charge in [0.2, 0.25) is 0 Å². The predicted molar refractivity (Wildman–Crippen MR) is 60.1 cm³/mol. The standard InChI is InChI=1S/C13H16O3/c1-9(12(14)15)8-10-4-2-3-5-11(10)13(16)6-7-13/h2-5,9,16H,6-8H2,1H3,(H,14,15). The SMILES string of the molecule is CC(Cc1ccccc1C1(O)CC1)C(=O)O. The Balaban J connectivity index is 2.23. The maximum atomic E-state index is 10.8. The first-order valence-electron chi connectivity index (χ1n) is 5.56. The van der Waals surface area contributed by atoms with Crippen LogP contribution >= 0.6 is 0 Å². The van der Waals surface area contributed by atoms with Crippen molar-refractivity contribution in [1.29, 1.82) is 0 Å². The monoisotopic (exact) mass is 220 g/mol. The van der Waals surface area contributed by atoms with Crippen LogP contribution in [0.5, 0.6) is 0 Å². The molecule has 1 aliphatic rings. The van der Waals surface area contributed by atoms with E-state index < -0.39 is 17.5 Å². The molecule has 2 rings (SSSR count). The quantitative estimate of drug-likeness (QED) is 0.815. The lowest BCUT2D eigenvalue weighted by Crippen LogP contribution is -2.16. The van der Waals surface area contributed by atoms with Gasteiger partial charge < -0.3 is 10.2 Å². The van der Waals surface area contributed by atoms with E-state index in [0.29, 0.717) is 6.42 Å². The van der Waals surface area contributed by atoms with Crippen LogP contribution in [-0.2, 0) is 16.8 Å². The molecule has 0 aliphatic heterocycles. The number of benzene rings is 1. The summed E-state index contributed by atoms with van der Waals surface area (Å²) < 4.78 is 0. The highest BCUT2D eigenvalue weighted by Gasteiger charge is 2.43. The highest BCUT2D eigenvalue weighted by atomic mass is 16.4. The van der Waals surface area contributed by atoms with Crippen molar-refractivity contribution in [2.24, 2.45) is 5.92 Å². The molecule has 3 heteroatoms. The molecule has 86 valence electrons. The van der Waals surface area contributed by atoms with Crippen LogP contribution in [-0.4, -0.2) is 16.2 Å². The smallest absolute Gasteiger partial charge is 0.306 e. The molecule has 1 unspecified atom stereocenters. The molecule has 2 N–H and O–H groups in total. The normalized spacial score (nSPS) is 19.1. The number of carboxylic acid groups (broad SMARTS) is 1. The fourth-order valence-corrected chi connectivity index (χ4v) is 1.96. The van der Waals surface area contributed by atoms with E-state index in [1.165, 1.54) is 0 Å². The average molecular weight is 220 g/mol. The molecule has 0 radical (unpaired) electrons. The Hall–Kier alpha value is -1.35. The van der Waals surface area contributed by atoms with Gasteiger partial charge in [-0.1, -0.05) is 31.2 Å². The van der Waals surface area contributed by atoms with Crippen molar-refractivity contribution in [3.63, 3.8) is 0 Å². The van der Waals surface area contributed by atoms with Gasteiger partial charge in [-0.2, -0.15) is 0 Å². The highest BCUT2D eigenvalue weighted by molar-refractivity contribution is 5.70. The van der Waals surface area contributed by atoms with E-state index in [-0.39, 0.29) is 0 Å². The second-order valence-corrected chi connectivity index (χ2v) is 4.63. The summed E-state index contributed by atoms with van der Waals surface area (Å²) in [6.07, 6.45) is 2.05. The van der Waals surface area contributed by atoms with Crippen molar-refractivity contribution in [3.05, 3.63) is 35.4 Å². The number of aliphatic carboxylic acids is 1. The molecule has 0 saturated heterocycles. The van der Waals surface area contributed by atoms with Gasteiger partial charge in [-0.3, -0.25) is 4.79 Å². The van der Waals surface area contributed by atoms with Gasteiger partial charge in [-0.15, -0.1) is 0 Å².